The predicted octanol–water partition coefficient (Wildman–Crippen LogP) is 3.89. The van der Waals surface area contributed by atoms with Gasteiger partial charge in [-0.15, -0.1) is 0 Å². The van der Waals surface area contributed by atoms with Crippen molar-refractivity contribution in [3.05, 3.63) is 58.1 Å². The number of anilines is 1. The third kappa shape index (κ3) is 3.62. The quantitative estimate of drug-likeness (QED) is 0.779. The minimum absolute atomic E-state index is 0.140. The molecule has 2 aliphatic rings. The first kappa shape index (κ1) is 17.5. The molecule has 2 aromatic rings. The van der Waals surface area contributed by atoms with Crippen LogP contribution >= 0.6 is 23.2 Å². The average Bonchev–Trinajstić information content (AvgIpc) is 2.67. The van der Waals surface area contributed by atoms with E-state index in [9.17, 15) is 4.79 Å². The molecule has 2 aromatic carbocycles. The van der Waals surface area contributed by atoms with Crippen molar-refractivity contribution in [2.75, 3.05) is 37.7 Å². The van der Waals surface area contributed by atoms with Crippen LogP contribution in [-0.2, 0) is 11.2 Å². The zero-order valence-corrected chi connectivity index (χ0v) is 15.8. The Labute approximate surface area is 163 Å². The highest BCUT2D eigenvalue weighted by molar-refractivity contribution is 6.31. The zero-order chi connectivity index (χ0) is 18.1. The lowest BCUT2D eigenvalue weighted by Crippen LogP contribution is -2.51. The van der Waals surface area contributed by atoms with Crippen LogP contribution < -0.4 is 9.64 Å². The van der Waals surface area contributed by atoms with Crippen molar-refractivity contribution < 1.29 is 9.53 Å². The maximum Gasteiger partial charge on any atom is 0.229 e. The fraction of sp³-hybridized carbons (Fsp3) is 0.350. The predicted molar refractivity (Wildman–Crippen MR) is 104 cm³/mol. The normalized spacial score (nSPS) is 19.7. The van der Waals surface area contributed by atoms with Crippen molar-refractivity contribution in [2.45, 2.75) is 6.42 Å². The summed E-state index contributed by atoms with van der Waals surface area (Å²) in [5, 5.41) is 1.41. The lowest BCUT2D eigenvalue weighted by Gasteiger charge is -2.38. The van der Waals surface area contributed by atoms with Gasteiger partial charge >= 0.3 is 0 Å². The van der Waals surface area contributed by atoms with Gasteiger partial charge in [0.15, 0.2) is 0 Å². The smallest absolute Gasteiger partial charge is 0.229 e. The average molecular weight is 391 g/mol. The second-order valence-electron chi connectivity index (χ2n) is 6.76. The number of hydrogen-bond donors (Lipinski definition) is 0. The molecule has 0 N–H and O–H groups in total. The van der Waals surface area contributed by atoms with E-state index in [1.54, 1.807) is 0 Å². The second-order valence-corrected chi connectivity index (χ2v) is 7.63. The highest BCUT2D eigenvalue weighted by Gasteiger charge is 2.31. The Bertz CT molecular complexity index is 819. The summed E-state index contributed by atoms with van der Waals surface area (Å²) in [5.41, 5.74) is 2.12. The van der Waals surface area contributed by atoms with Crippen molar-refractivity contribution in [1.29, 1.82) is 0 Å². The summed E-state index contributed by atoms with van der Waals surface area (Å²) >= 11 is 12.2. The second kappa shape index (κ2) is 7.37. The third-order valence-corrected chi connectivity index (χ3v) is 5.51. The number of amides is 1. The van der Waals surface area contributed by atoms with E-state index in [0.29, 0.717) is 31.1 Å². The Balaban J connectivity index is 1.38. The molecule has 0 radical (unpaired) electrons. The molecule has 0 aliphatic carbocycles. The molecule has 4 nitrogen and oxygen atoms in total. The van der Waals surface area contributed by atoms with Crippen LogP contribution in [0.4, 0.5) is 5.69 Å². The summed E-state index contributed by atoms with van der Waals surface area (Å²) < 4.78 is 5.78. The van der Waals surface area contributed by atoms with Gasteiger partial charge in [-0.05, 0) is 48.4 Å². The van der Waals surface area contributed by atoms with Gasteiger partial charge in [0.2, 0.25) is 5.91 Å². The van der Waals surface area contributed by atoms with Gasteiger partial charge in [0, 0.05) is 41.9 Å². The summed E-state index contributed by atoms with van der Waals surface area (Å²) in [6.07, 6.45) is 0.684. The molecular formula is C20H20Cl2N2O2. The molecule has 2 heterocycles. The lowest BCUT2D eigenvalue weighted by atomic mass is 9.95. The molecule has 0 aromatic heterocycles. The summed E-state index contributed by atoms with van der Waals surface area (Å²) in [6, 6.07) is 13.4. The van der Waals surface area contributed by atoms with Gasteiger partial charge in [-0.25, -0.2) is 0 Å². The van der Waals surface area contributed by atoms with Gasteiger partial charge in [0.05, 0.1) is 5.92 Å². The van der Waals surface area contributed by atoms with Crippen LogP contribution in [0.1, 0.15) is 5.56 Å². The van der Waals surface area contributed by atoms with Crippen molar-refractivity contribution in [3.8, 4) is 5.75 Å². The summed E-state index contributed by atoms with van der Waals surface area (Å²) in [6.45, 7) is 3.47. The summed E-state index contributed by atoms with van der Waals surface area (Å²) in [5.74, 6) is 0.865. The monoisotopic (exact) mass is 390 g/mol. The molecule has 26 heavy (non-hydrogen) atoms. The molecular weight excluding hydrogens is 371 g/mol. The zero-order valence-electron chi connectivity index (χ0n) is 14.3. The molecule has 6 heteroatoms. The van der Waals surface area contributed by atoms with E-state index in [0.717, 1.165) is 35.1 Å². The molecule has 0 spiro atoms. The first-order chi connectivity index (χ1) is 12.6. The highest BCUT2D eigenvalue weighted by atomic mass is 35.5. The molecule has 2 aliphatic heterocycles. The molecule has 0 saturated carbocycles. The van der Waals surface area contributed by atoms with Gasteiger partial charge in [-0.1, -0.05) is 29.3 Å². The van der Waals surface area contributed by atoms with Crippen LogP contribution in [0.25, 0.3) is 0 Å². The molecule has 1 fully saturated rings. The maximum atomic E-state index is 12.9. The Morgan fingerprint density at radius 3 is 2.54 bits per heavy atom. The van der Waals surface area contributed by atoms with Crippen molar-refractivity contribution in [3.63, 3.8) is 0 Å². The van der Waals surface area contributed by atoms with Crippen LogP contribution in [-0.4, -0.2) is 43.6 Å². The standard InChI is InChI=1S/C20H20Cl2N2O2/c21-16-2-1-3-18(12-16)23-6-8-24(9-7-23)20(25)15-10-14-11-17(22)4-5-19(14)26-13-15/h1-5,11-12,15H,6-10,13H2/t15-/m0/s1. The van der Waals surface area contributed by atoms with Crippen LogP contribution in [0.15, 0.2) is 42.5 Å². The van der Waals surface area contributed by atoms with Gasteiger partial charge < -0.3 is 14.5 Å². The molecule has 0 bridgehead atoms. The van der Waals surface area contributed by atoms with E-state index >= 15 is 0 Å². The van der Waals surface area contributed by atoms with Crippen molar-refractivity contribution in [1.82, 2.24) is 4.90 Å². The largest absolute Gasteiger partial charge is 0.492 e. The molecule has 1 saturated heterocycles. The Morgan fingerprint density at radius 2 is 1.77 bits per heavy atom. The summed E-state index contributed by atoms with van der Waals surface area (Å²) in [7, 11) is 0. The van der Waals surface area contributed by atoms with Gasteiger partial charge in [0.1, 0.15) is 12.4 Å². The van der Waals surface area contributed by atoms with Crippen LogP contribution in [0.3, 0.4) is 0 Å². The van der Waals surface area contributed by atoms with E-state index in [1.165, 1.54) is 0 Å². The molecule has 4 rings (SSSR count). The Morgan fingerprint density at radius 1 is 1.00 bits per heavy atom. The van der Waals surface area contributed by atoms with Crippen LogP contribution in [0.2, 0.25) is 10.0 Å². The van der Waals surface area contributed by atoms with Gasteiger partial charge in [-0.3, -0.25) is 4.79 Å². The molecule has 1 amide bonds. The summed E-state index contributed by atoms with van der Waals surface area (Å²) in [4.78, 5) is 17.1. The number of carbonyl (C=O) groups excluding carboxylic acids is 1. The third-order valence-electron chi connectivity index (χ3n) is 5.04. The number of nitrogens with zero attached hydrogens (tertiary/aromatic N) is 2. The van der Waals surface area contributed by atoms with Gasteiger partial charge in [-0.2, -0.15) is 0 Å². The topological polar surface area (TPSA) is 32.8 Å². The number of piperazine rings is 1. The number of rotatable bonds is 2. The van der Waals surface area contributed by atoms with E-state index in [-0.39, 0.29) is 11.8 Å². The molecule has 136 valence electrons. The Kier molecular flexibility index (Phi) is 4.96. The first-order valence-corrected chi connectivity index (χ1v) is 9.56. The maximum absolute atomic E-state index is 12.9. The van der Waals surface area contributed by atoms with E-state index in [4.69, 9.17) is 27.9 Å². The minimum Gasteiger partial charge on any atom is -0.492 e. The Hall–Kier alpha value is -1.91. The van der Waals surface area contributed by atoms with Crippen molar-refractivity contribution >= 4 is 34.8 Å². The fourth-order valence-corrected chi connectivity index (χ4v) is 4.02. The number of carbonyl (C=O) groups is 1. The molecule has 1 atom stereocenters. The first-order valence-electron chi connectivity index (χ1n) is 8.81. The fourth-order valence-electron chi connectivity index (χ4n) is 3.64. The van der Waals surface area contributed by atoms with Crippen LogP contribution in [0.5, 0.6) is 5.75 Å². The van der Waals surface area contributed by atoms with E-state index < -0.39 is 0 Å². The number of halogens is 2. The van der Waals surface area contributed by atoms with Gasteiger partial charge in [0.25, 0.3) is 0 Å². The van der Waals surface area contributed by atoms with E-state index in [1.807, 2.05) is 41.3 Å². The van der Waals surface area contributed by atoms with Crippen molar-refractivity contribution in [2.24, 2.45) is 5.92 Å². The van der Waals surface area contributed by atoms with Crippen LogP contribution in [0, 0.1) is 5.92 Å². The number of fused-ring (bicyclic) bond motifs is 1. The van der Waals surface area contributed by atoms with E-state index in [2.05, 4.69) is 11.0 Å². The SMILES string of the molecule is O=C([C@@H]1COc2ccc(Cl)cc2C1)N1CCN(c2cccc(Cl)c2)CC1. The lowest BCUT2D eigenvalue weighted by molar-refractivity contribution is -0.137. The molecule has 0 unspecified atom stereocenters. The minimum atomic E-state index is -0.140. The highest BCUT2D eigenvalue weighted by Crippen LogP contribution is 2.31. The number of ether oxygens (including phenoxy) is 1. The number of hydrogen-bond acceptors (Lipinski definition) is 3. The number of benzene rings is 2.